The first-order valence-corrected chi connectivity index (χ1v) is 15.1. The summed E-state index contributed by atoms with van der Waals surface area (Å²) in [6.07, 6.45) is 12.7. The van der Waals surface area contributed by atoms with E-state index in [-0.39, 0.29) is 28.5 Å². The van der Waals surface area contributed by atoms with Crippen molar-refractivity contribution in [1.29, 1.82) is 0 Å². The average Bonchev–Trinajstić information content (AvgIpc) is 3.68. The fourth-order valence-corrected chi connectivity index (χ4v) is 7.82. The van der Waals surface area contributed by atoms with Gasteiger partial charge in [-0.1, -0.05) is 30.2 Å². The third-order valence-electron chi connectivity index (χ3n) is 9.94. The Kier molecular flexibility index (Phi) is 6.07. The number of rotatable bonds is 5. The number of nitrogens with zero attached hydrogens (tertiary/aromatic N) is 5. The van der Waals surface area contributed by atoms with Crippen molar-refractivity contribution >= 4 is 27.5 Å². The average molecular weight is 577 g/mol. The molecule has 0 saturated carbocycles. The number of nitrogens with one attached hydrogen (secondary N) is 1. The normalized spacial score (nSPS) is 25.0. The van der Waals surface area contributed by atoms with Gasteiger partial charge in [-0.05, 0) is 62.2 Å². The van der Waals surface area contributed by atoms with E-state index in [1.165, 1.54) is 11.6 Å². The van der Waals surface area contributed by atoms with Crippen LogP contribution in [0.3, 0.4) is 0 Å². The minimum absolute atomic E-state index is 0.00109. The molecule has 9 heteroatoms. The van der Waals surface area contributed by atoms with Crippen molar-refractivity contribution in [2.45, 2.75) is 49.7 Å². The SMILES string of the molecule is C#Cc1cccc2cc(O)cc(-c3ncc4c(N5CC6CCC(C5)N6)nc(OCC56CCCN5CCC6=C)nc4c3F)c12. The van der Waals surface area contributed by atoms with E-state index in [9.17, 15) is 5.11 Å². The van der Waals surface area contributed by atoms with Gasteiger partial charge >= 0.3 is 6.01 Å². The van der Waals surface area contributed by atoms with E-state index in [0.717, 1.165) is 58.3 Å². The van der Waals surface area contributed by atoms with Gasteiger partial charge in [-0.25, -0.2) is 4.39 Å². The first-order valence-electron chi connectivity index (χ1n) is 15.1. The van der Waals surface area contributed by atoms with Crippen LogP contribution in [0, 0.1) is 18.2 Å². The molecule has 8 rings (SSSR count). The molecule has 4 aliphatic rings. The summed E-state index contributed by atoms with van der Waals surface area (Å²) in [6, 6.07) is 9.45. The molecule has 0 radical (unpaired) electrons. The van der Waals surface area contributed by atoms with Crippen molar-refractivity contribution in [1.82, 2.24) is 25.2 Å². The number of benzene rings is 2. The van der Waals surface area contributed by atoms with Crippen LogP contribution in [-0.2, 0) is 0 Å². The first kappa shape index (κ1) is 26.4. The second-order valence-corrected chi connectivity index (χ2v) is 12.4. The highest BCUT2D eigenvalue weighted by Crippen LogP contribution is 2.43. The number of anilines is 1. The van der Waals surface area contributed by atoms with Gasteiger partial charge in [0.2, 0.25) is 0 Å². The number of ether oxygens (including phenoxy) is 1. The summed E-state index contributed by atoms with van der Waals surface area (Å²) in [5.74, 6) is 2.72. The Bertz CT molecular complexity index is 1840. The molecule has 4 aromatic rings. The predicted molar refractivity (Wildman–Crippen MR) is 165 cm³/mol. The molecular weight excluding hydrogens is 543 g/mol. The molecule has 0 amide bonds. The van der Waals surface area contributed by atoms with Crippen LogP contribution in [0.4, 0.5) is 10.2 Å². The lowest BCUT2D eigenvalue weighted by molar-refractivity contribution is 0.131. The molecule has 0 aliphatic carbocycles. The number of halogens is 1. The minimum Gasteiger partial charge on any atom is -0.508 e. The fraction of sp³-hybridized carbons (Fsp3) is 0.382. The van der Waals surface area contributed by atoms with Crippen LogP contribution in [0.2, 0.25) is 0 Å². The second kappa shape index (κ2) is 9.90. The predicted octanol–water partition coefficient (Wildman–Crippen LogP) is 4.78. The van der Waals surface area contributed by atoms with Gasteiger partial charge in [0.15, 0.2) is 5.82 Å². The lowest BCUT2D eigenvalue weighted by Crippen LogP contribution is -2.51. The molecule has 43 heavy (non-hydrogen) atoms. The zero-order chi connectivity index (χ0) is 29.3. The summed E-state index contributed by atoms with van der Waals surface area (Å²) in [6.45, 7) is 8.29. The summed E-state index contributed by atoms with van der Waals surface area (Å²) >= 11 is 0. The topological polar surface area (TPSA) is 86.6 Å². The van der Waals surface area contributed by atoms with E-state index < -0.39 is 5.82 Å². The number of phenolic OH excluding ortho intramolecular Hbond substituents is 1. The number of aromatic nitrogens is 3. The van der Waals surface area contributed by atoms with Crippen LogP contribution in [0.1, 0.15) is 37.7 Å². The monoisotopic (exact) mass is 576 g/mol. The van der Waals surface area contributed by atoms with Gasteiger partial charge in [-0.15, -0.1) is 6.42 Å². The van der Waals surface area contributed by atoms with E-state index in [4.69, 9.17) is 16.1 Å². The summed E-state index contributed by atoms with van der Waals surface area (Å²) in [7, 11) is 0. The zero-order valence-electron chi connectivity index (χ0n) is 23.9. The Balaban J connectivity index is 1.28. The number of hydrogen-bond acceptors (Lipinski definition) is 8. The number of fused-ring (bicyclic) bond motifs is 5. The maximum Gasteiger partial charge on any atom is 0.319 e. The zero-order valence-corrected chi connectivity index (χ0v) is 23.9. The Morgan fingerprint density at radius 1 is 1.19 bits per heavy atom. The molecule has 2 N–H and O–H groups in total. The molecule has 4 saturated heterocycles. The number of pyridine rings is 1. The van der Waals surface area contributed by atoms with Crippen molar-refractivity contribution in [3.8, 4) is 35.4 Å². The first-order chi connectivity index (χ1) is 20.9. The molecule has 2 aromatic carbocycles. The van der Waals surface area contributed by atoms with Gasteiger partial charge in [0.05, 0.1) is 10.9 Å². The fourth-order valence-electron chi connectivity index (χ4n) is 7.82. The molecule has 3 unspecified atom stereocenters. The van der Waals surface area contributed by atoms with Crippen molar-refractivity contribution in [3.63, 3.8) is 0 Å². The Morgan fingerprint density at radius 2 is 2.02 bits per heavy atom. The molecule has 2 bridgehead atoms. The molecule has 8 nitrogen and oxygen atoms in total. The van der Waals surface area contributed by atoms with Gasteiger partial charge in [0.25, 0.3) is 0 Å². The minimum atomic E-state index is -0.603. The van der Waals surface area contributed by atoms with Gasteiger partial charge in [0, 0.05) is 54.4 Å². The van der Waals surface area contributed by atoms with Crippen LogP contribution in [0.5, 0.6) is 11.8 Å². The largest absolute Gasteiger partial charge is 0.508 e. The highest BCUT2D eigenvalue weighted by atomic mass is 19.1. The lowest BCUT2D eigenvalue weighted by Gasteiger charge is -2.35. The van der Waals surface area contributed by atoms with E-state index in [1.807, 2.05) is 12.1 Å². The number of hydrogen-bond donors (Lipinski definition) is 2. The third kappa shape index (κ3) is 4.15. The third-order valence-corrected chi connectivity index (χ3v) is 9.94. The Labute approximate surface area is 249 Å². The lowest BCUT2D eigenvalue weighted by atomic mass is 9.91. The van der Waals surface area contributed by atoms with Crippen molar-refractivity contribution < 1.29 is 14.2 Å². The number of piperazine rings is 1. The van der Waals surface area contributed by atoms with Crippen LogP contribution >= 0.6 is 0 Å². The Hall–Kier alpha value is -4.26. The smallest absolute Gasteiger partial charge is 0.319 e. The molecule has 6 heterocycles. The van der Waals surface area contributed by atoms with E-state index in [0.29, 0.717) is 51.8 Å². The molecular formula is C34H33FN6O2. The number of phenols is 1. The summed E-state index contributed by atoms with van der Waals surface area (Å²) in [5.41, 5.74) is 2.17. The van der Waals surface area contributed by atoms with Crippen molar-refractivity contribution in [2.24, 2.45) is 0 Å². The highest BCUT2D eigenvalue weighted by Gasteiger charge is 2.48. The van der Waals surface area contributed by atoms with Gasteiger partial charge < -0.3 is 20.1 Å². The van der Waals surface area contributed by atoms with Crippen molar-refractivity contribution in [2.75, 3.05) is 37.7 Å². The maximum absolute atomic E-state index is 16.8. The van der Waals surface area contributed by atoms with Gasteiger partial charge in [0.1, 0.15) is 29.4 Å². The van der Waals surface area contributed by atoms with Gasteiger partial charge in [-0.3, -0.25) is 9.88 Å². The molecule has 0 spiro atoms. The van der Waals surface area contributed by atoms with Crippen molar-refractivity contribution in [3.05, 3.63) is 60.1 Å². The second-order valence-electron chi connectivity index (χ2n) is 12.4. The van der Waals surface area contributed by atoms with Crippen LogP contribution in [0.25, 0.3) is 32.9 Å². The molecule has 2 aromatic heterocycles. The molecule has 4 aliphatic heterocycles. The van der Waals surface area contributed by atoms with E-state index >= 15 is 4.39 Å². The van der Waals surface area contributed by atoms with Crippen LogP contribution in [0.15, 0.2) is 48.7 Å². The van der Waals surface area contributed by atoms with Crippen LogP contribution in [-0.4, -0.2) is 75.4 Å². The van der Waals surface area contributed by atoms with E-state index in [1.54, 1.807) is 18.3 Å². The highest BCUT2D eigenvalue weighted by molar-refractivity contribution is 6.02. The quantitative estimate of drug-likeness (QED) is 0.259. The molecule has 218 valence electrons. The maximum atomic E-state index is 16.8. The summed E-state index contributed by atoms with van der Waals surface area (Å²) in [4.78, 5) is 18.8. The van der Waals surface area contributed by atoms with Gasteiger partial charge in [-0.2, -0.15) is 9.97 Å². The molecule has 3 atom stereocenters. The van der Waals surface area contributed by atoms with Crippen LogP contribution < -0.4 is 15.0 Å². The van der Waals surface area contributed by atoms with E-state index in [2.05, 4.69) is 37.6 Å². The molecule has 4 fully saturated rings. The number of terminal acetylenes is 1. The summed E-state index contributed by atoms with van der Waals surface area (Å²) in [5, 5.41) is 16.1. The Morgan fingerprint density at radius 3 is 2.84 bits per heavy atom. The standard InChI is InChI=1S/C34H33FN6O2/c1-3-21-6-4-7-22-14-25(42)15-26(28(21)22)30-29(35)31-27(16-36-30)32(40-17-23-8-9-24(18-40)37-23)39-33(38-31)43-19-34-11-5-12-41(34)13-10-20(34)2/h1,4,6-7,14-16,23-24,37,42H,2,5,8-13,17-19H2. The summed E-state index contributed by atoms with van der Waals surface area (Å²) < 4.78 is 23.1. The number of aromatic hydroxyl groups is 1.